The summed E-state index contributed by atoms with van der Waals surface area (Å²) in [5.74, 6) is 0.377. The molecule has 0 aliphatic rings. The zero-order valence-corrected chi connectivity index (χ0v) is 17.3. The fourth-order valence-electron chi connectivity index (χ4n) is 2.65. The van der Waals surface area contributed by atoms with Crippen LogP contribution >= 0.6 is 0 Å². The minimum Gasteiger partial charge on any atom is -0.462 e. The summed E-state index contributed by atoms with van der Waals surface area (Å²) < 4.78 is 36.6. The number of sulfonamides is 1. The number of aromatic nitrogens is 3. The van der Waals surface area contributed by atoms with Crippen LogP contribution in [0.4, 0.5) is 5.69 Å². The minimum atomic E-state index is -3.43. The van der Waals surface area contributed by atoms with Gasteiger partial charge in [-0.3, -0.25) is 9.71 Å². The highest BCUT2D eigenvalue weighted by atomic mass is 32.2. The van der Waals surface area contributed by atoms with E-state index in [9.17, 15) is 13.2 Å². The average Bonchev–Trinajstić information content (AvgIpc) is 3.20. The van der Waals surface area contributed by atoms with E-state index < -0.39 is 16.0 Å². The van der Waals surface area contributed by atoms with Crippen molar-refractivity contribution in [3.63, 3.8) is 0 Å². The van der Waals surface area contributed by atoms with Crippen LogP contribution < -0.4 is 4.72 Å². The smallest absolute Gasteiger partial charge is 0.338 e. The van der Waals surface area contributed by atoms with E-state index in [1.54, 1.807) is 43.6 Å². The SMILES string of the molecule is CCCS(=O)(=O)Nc1cccc(C(=O)OCCCc2nc(-c3cccnc3)no2)c1. The summed E-state index contributed by atoms with van der Waals surface area (Å²) in [6.07, 6.45) is 4.77. The molecule has 158 valence electrons. The maximum absolute atomic E-state index is 12.2. The zero-order chi connectivity index (χ0) is 21.4. The Hall–Kier alpha value is -3.27. The van der Waals surface area contributed by atoms with Gasteiger partial charge in [-0.1, -0.05) is 18.1 Å². The summed E-state index contributed by atoms with van der Waals surface area (Å²) in [5, 5.41) is 3.91. The first-order valence-electron chi connectivity index (χ1n) is 9.47. The van der Waals surface area contributed by atoms with Gasteiger partial charge in [0.1, 0.15) is 0 Å². The van der Waals surface area contributed by atoms with E-state index in [1.807, 2.05) is 6.07 Å². The fourth-order valence-corrected chi connectivity index (χ4v) is 3.77. The second-order valence-corrected chi connectivity index (χ2v) is 8.34. The standard InChI is InChI=1S/C20H22N4O5S/c1-2-12-30(26,27)24-17-8-3-6-15(13-17)20(25)28-11-5-9-18-22-19(23-29-18)16-7-4-10-21-14-16/h3-4,6-8,10,13-14,24H,2,5,9,11-12H2,1H3. The number of pyridine rings is 1. The molecule has 2 aromatic heterocycles. The second-order valence-electron chi connectivity index (χ2n) is 6.49. The lowest BCUT2D eigenvalue weighted by atomic mass is 10.2. The molecule has 10 heteroatoms. The molecule has 0 aliphatic carbocycles. The third kappa shape index (κ3) is 6.11. The summed E-state index contributed by atoms with van der Waals surface area (Å²) >= 11 is 0. The van der Waals surface area contributed by atoms with Crippen LogP contribution in [-0.4, -0.2) is 41.9 Å². The average molecular weight is 430 g/mol. The summed E-state index contributed by atoms with van der Waals surface area (Å²) in [7, 11) is -3.43. The lowest BCUT2D eigenvalue weighted by Gasteiger charge is -2.09. The van der Waals surface area contributed by atoms with Crippen LogP contribution in [0.1, 0.15) is 36.0 Å². The van der Waals surface area contributed by atoms with E-state index in [2.05, 4.69) is 19.8 Å². The van der Waals surface area contributed by atoms with Crippen LogP contribution in [0.25, 0.3) is 11.4 Å². The van der Waals surface area contributed by atoms with Gasteiger partial charge in [-0.05, 0) is 43.2 Å². The number of carbonyl (C=O) groups excluding carboxylic acids is 1. The van der Waals surface area contributed by atoms with E-state index in [4.69, 9.17) is 9.26 Å². The van der Waals surface area contributed by atoms with Gasteiger partial charge in [-0.25, -0.2) is 13.2 Å². The first-order chi connectivity index (χ1) is 14.5. The normalized spacial score (nSPS) is 11.2. The lowest BCUT2D eigenvalue weighted by Crippen LogP contribution is -2.16. The Morgan fingerprint density at radius 2 is 2.10 bits per heavy atom. The molecule has 0 unspecified atom stereocenters. The van der Waals surface area contributed by atoms with Crippen LogP contribution in [0.2, 0.25) is 0 Å². The number of hydrogen-bond donors (Lipinski definition) is 1. The highest BCUT2D eigenvalue weighted by Gasteiger charge is 2.13. The van der Waals surface area contributed by atoms with Crippen LogP contribution in [0.3, 0.4) is 0 Å². The molecule has 3 aromatic rings. The quantitative estimate of drug-likeness (QED) is 0.384. The van der Waals surface area contributed by atoms with Crippen LogP contribution in [0.15, 0.2) is 53.3 Å². The van der Waals surface area contributed by atoms with Crippen LogP contribution in [-0.2, 0) is 21.2 Å². The van der Waals surface area contributed by atoms with Crippen molar-refractivity contribution in [3.05, 3.63) is 60.2 Å². The van der Waals surface area contributed by atoms with Crippen LogP contribution in [0, 0.1) is 0 Å². The highest BCUT2D eigenvalue weighted by molar-refractivity contribution is 7.92. The van der Waals surface area contributed by atoms with E-state index in [0.29, 0.717) is 36.7 Å². The maximum Gasteiger partial charge on any atom is 0.338 e. The molecule has 1 aromatic carbocycles. The Bertz CT molecular complexity index is 1080. The molecule has 3 rings (SSSR count). The first-order valence-corrected chi connectivity index (χ1v) is 11.1. The fraction of sp³-hybridized carbons (Fsp3) is 0.300. The Kier molecular flexibility index (Phi) is 7.12. The van der Waals surface area contributed by atoms with Gasteiger partial charge in [0.2, 0.25) is 21.7 Å². The first kappa shape index (κ1) is 21.4. The monoisotopic (exact) mass is 430 g/mol. The molecule has 0 saturated heterocycles. The molecule has 0 amide bonds. The molecular formula is C20H22N4O5S. The summed E-state index contributed by atoms with van der Waals surface area (Å²) in [5.41, 5.74) is 1.35. The van der Waals surface area contributed by atoms with Crippen LogP contribution in [0.5, 0.6) is 0 Å². The van der Waals surface area contributed by atoms with Crippen molar-refractivity contribution in [2.75, 3.05) is 17.1 Å². The summed E-state index contributed by atoms with van der Waals surface area (Å²) in [4.78, 5) is 20.5. The number of rotatable bonds is 10. The Balaban J connectivity index is 1.48. The van der Waals surface area contributed by atoms with Crippen molar-refractivity contribution >= 4 is 21.7 Å². The van der Waals surface area contributed by atoms with Crippen molar-refractivity contribution in [1.29, 1.82) is 0 Å². The zero-order valence-electron chi connectivity index (χ0n) is 16.4. The van der Waals surface area contributed by atoms with E-state index in [0.717, 1.165) is 5.56 Å². The highest BCUT2D eigenvalue weighted by Crippen LogP contribution is 2.16. The molecule has 0 bridgehead atoms. The molecule has 0 fully saturated rings. The molecule has 30 heavy (non-hydrogen) atoms. The third-order valence-corrected chi connectivity index (χ3v) is 5.49. The van der Waals surface area contributed by atoms with Crippen molar-refractivity contribution in [2.45, 2.75) is 26.2 Å². The van der Waals surface area contributed by atoms with Crippen molar-refractivity contribution in [3.8, 4) is 11.4 Å². The van der Waals surface area contributed by atoms with Gasteiger partial charge < -0.3 is 9.26 Å². The predicted molar refractivity (Wildman–Crippen MR) is 110 cm³/mol. The Labute approximate surface area is 174 Å². The molecule has 0 aliphatic heterocycles. The molecule has 9 nitrogen and oxygen atoms in total. The number of ether oxygens (including phenoxy) is 1. The summed E-state index contributed by atoms with van der Waals surface area (Å²) in [6.45, 7) is 1.94. The topological polar surface area (TPSA) is 124 Å². The molecule has 1 N–H and O–H groups in total. The number of nitrogens with zero attached hydrogens (tertiary/aromatic N) is 3. The van der Waals surface area contributed by atoms with Gasteiger partial charge >= 0.3 is 5.97 Å². The number of anilines is 1. The second kappa shape index (κ2) is 9.97. The minimum absolute atomic E-state index is 0.0137. The van der Waals surface area contributed by atoms with E-state index >= 15 is 0 Å². The number of hydrogen-bond acceptors (Lipinski definition) is 8. The van der Waals surface area contributed by atoms with Gasteiger partial charge in [0, 0.05) is 30.1 Å². The van der Waals surface area contributed by atoms with Gasteiger partial charge in [0.05, 0.1) is 17.9 Å². The Morgan fingerprint density at radius 1 is 1.23 bits per heavy atom. The van der Waals surface area contributed by atoms with E-state index in [-0.39, 0.29) is 17.9 Å². The number of benzene rings is 1. The largest absolute Gasteiger partial charge is 0.462 e. The molecule has 0 atom stereocenters. The van der Waals surface area contributed by atoms with Gasteiger partial charge in [0.15, 0.2) is 0 Å². The van der Waals surface area contributed by atoms with Gasteiger partial charge in [0.25, 0.3) is 0 Å². The third-order valence-electron chi connectivity index (χ3n) is 4.00. The van der Waals surface area contributed by atoms with Gasteiger partial charge in [-0.2, -0.15) is 4.98 Å². The summed E-state index contributed by atoms with van der Waals surface area (Å²) in [6, 6.07) is 9.82. The Morgan fingerprint density at radius 3 is 2.87 bits per heavy atom. The van der Waals surface area contributed by atoms with Crippen molar-refractivity contribution in [1.82, 2.24) is 15.1 Å². The number of aryl methyl sites for hydroxylation is 1. The number of carbonyl (C=O) groups is 1. The molecule has 0 saturated carbocycles. The molecule has 0 radical (unpaired) electrons. The van der Waals surface area contributed by atoms with Gasteiger partial charge in [-0.15, -0.1) is 0 Å². The molecule has 0 spiro atoms. The van der Waals surface area contributed by atoms with Crippen molar-refractivity contribution < 1.29 is 22.5 Å². The number of esters is 1. The maximum atomic E-state index is 12.2. The lowest BCUT2D eigenvalue weighted by molar-refractivity contribution is 0.0498. The van der Waals surface area contributed by atoms with Crippen molar-refractivity contribution in [2.24, 2.45) is 0 Å². The predicted octanol–water partition coefficient (Wildman–Crippen LogP) is 3.07. The van der Waals surface area contributed by atoms with E-state index in [1.165, 1.54) is 6.07 Å². The molecule has 2 heterocycles. The molecular weight excluding hydrogens is 408 g/mol. The number of nitrogens with one attached hydrogen (secondary N) is 1.